The molecule has 9 nitrogen and oxygen atoms in total. The lowest BCUT2D eigenvalue weighted by molar-refractivity contribution is -0.148. The van der Waals surface area contributed by atoms with Crippen molar-refractivity contribution >= 4 is 29.4 Å². The number of aromatic nitrogens is 2. The molecule has 1 N–H and O–H groups in total. The Bertz CT molecular complexity index is 1330. The van der Waals surface area contributed by atoms with E-state index in [4.69, 9.17) is 0 Å². The van der Waals surface area contributed by atoms with Crippen LogP contribution in [0.25, 0.3) is 11.1 Å². The Kier molecular flexibility index (Phi) is 6.48. The number of carbonyl (C=O) groups excluding carboxylic acids is 2. The van der Waals surface area contributed by atoms with E-state index in [0.29, 0.717) is 24.6 Å². The van der Waals surface area contributed by atoms with Crippen molar-refractivity contribution in [3.8, 4) is 11.1 Å². The highest BCUT2D eigenvalue weighted by molar-refractivity contribution is 6.30. The highest BCUT2D eigenvalue weighted by Crippen LogP contribution is 2.43. The summed E-state index contributed by atoms with van der Waals surface area (Å²) < 4.78 is 0. The maximum Gasteiger partial charge on any atom is 0.338 e. The third-order valence-corrected chi connectivity index (χ3v) is 7.47. The van der Waals surface area contributed by atoms with Gasteiger partial charge in [0.05, 0.1) is 11.9 Å². The van der Waals surface area contributed by atoms with E-state index >= 15 is 0 Å². The molecule has 0 saturated carbocycles. The van der Waals surface area contributed by atoms with Gasteiger partial charge in [0.2, 0.25) is 0 Å². The van der Waals surface area contributed by atoms with Gasteiger partial charge in [0, 0.05) is 25.5 Å². The Hall–Kier alpha value is -4.11. The van der Waals surface area contributed by atoms with Crippen molar-refractivity contribution < 1.29 is 19.5 Å². The summed E-state index contributed by atoms with van der Waals surface area (Å²) in [6, 6.07) is 16.0. The lowest BCUT2D eigenvalue weighted by Crippen LogP contribution is -2.61. The molecule has 1 aromatic heterocycles. The average Bonchev–Trinajstić information content (AvgIpc) is 3.11. The van der Waals surface area contributed by atoms with Gasteiger partial charge in [-0.1, -0.05) is 63.2 Å². The van der Waals surface area contributed by atoms with Gasteiger partial charge >= 0.3 is 12.0 Å². The predicted molar refractivity (Wildman–Crippen MR) is 144 cm³/mol. The summed E-state index contributed by atoms with van der Waals surface area (Å²) in [4.78, 5) is 53.2. The molecule has 1 unspecified atom stereocenters. The number of nitrogens with zero attached hydrogens (tertiary/aromatic N) is 5. The largest absolute Gasteiger partial charge is 0.480 e. The number of carboxylic acids is 1. The highest BCUT2D eigenvalue weighted by Gasteiger charge is 2.60. The second-order valence-electron chi connectivity index (χ2n) is 10.9. The number of piperidine rings is 1. The molecule has 2 aliphatic rings. The van der Waals surface area contributed by atoms with Gasteiger partial charge in [-0.05, 0) is 41.5 Å². The number of likely N-dealkylation sites (tertiary alicyclic amines) is 1. The Morgan fingerprint density at radius 2 is 1.58 bits per heavy atom. The molecule has 38 heavy (non-hydrogen) atoms. The minimum atomic E-state index is -1.18. The summed E-state index contributed by atoms with van der Waals surface area (Å²) in [5.41, 5.74) is 0.816. The SMILES string of the molecule is CC(C)(C)C(C(=O)O)N1CCC2(CC1)C(=O)N(c1ccc(-c3ccccc3)cc1)C(=O)N2c1cnccn1. The monoisotopic (exact) mass is 513 g/mol. The van der Waals surface area contributed by atoms with Gasteiger partial charge in [0.1, 0.15) is 11.6 Å². The molecule has 196 valence electrons. The van der Waals surface area contributed by atoms with E-state index < -0.39 is 29.0 Å². The maximum atomic E-state index is 14.1. The highest BCUT2D eigenvalue weighted by atomic mass is 16.4. The Morgan fingerprint density at radius 3 is 2.13 bits per heavy atom. The van der Waals surface area contributed by atoms with Crippen LogP contribution in [0.4, 0.5) is 16.3 Å². The number of aliphatic carboxylic acids is 1. The lowest BCUT2D eigenvalue weighted by atomic mass is 9.81. The fourth-order valence-corrected chi connectivity index (χ4v) is 5.72. The summed E-state index contributed by atoms with van der Waals surface area (Å²) in [5.74, 6) is -0.926. The first-order chi connectivity index (χ1) is 18.1. The van der Waals surface area contributed by atoms with Gasteiger partial charge in [-0.2, -0.15) is 0 Å². The van der Waals surface area contributed by atoms with E-state index in [2.05, 4.69) is 9.97 Å². The van der Waals surface area contributed by atoms with Crippen LogP contribution in [0, 0.1) is 5.41 Å². The van der Waals surface area contributed by atoms with Gasteiger partial charge in [-0.3, -0.25) is 24.4 Å². The van der Waals surface area contributed by atoms with Gasteiger partial charge in [-0.15, -0.1) is 0 Å². The first-order valence-corrected chi connectivity index (χ1v) is 12.7. The summed E-state index contributed by atoms with van der Waals surface area (Å²) in [6.07, 6.45) is 5.06. The van der Waals surface area contributed by atoms with Gasteiger partial charge in [-0.25, -0.2) is 14.7 Å². The maximum absolute atomic E-state index is 14.1. The molecule has 0 bridgehead atoms. The molecule has 0 radical (unpaired) electrons. The van der Waals surface area contributed by atoms with Crippen molar-refractivity contribution in [3.05, 3.63) is 73.2 Å². The molecule has 2 saturated heterocycles. The lowest BCUT2D eigenvalue weighted by Gasteiger charge is -2.45. The smallest absolute Gasteiger partial charge is 0.338 e. The van der Waals surface area contributed by atoms with Crippen molar-refractivity contribution in [3.63, 3.8) is 0 Å². The number of benzene rings is 2. The second kappa shape index (κ2) is 9.64. The molecule has 9 heteroatoms. The second-order valence-corrected chi connectivity index (χ2v) is 10.9. The molecule has 0 aliphatic carbocycles. The van der Waals surface area contributed by atoms with E-state index in [1.165, 1.54) is 28.4 Å². The number of imide groups is 1. The zero-order valence-electron chi connectivity index (χ0n) is 21.7. The van der Waals surface area contributed by atoms with Crippen molar-refractivity contribution in [1.29, 1.82) is 0 Å². The molecular weight excluding hydrogens is 482 g/mol. The number of amides is 3. The summed E-state index contributed by atoms with van der Waals surface area (Å²) in [6.45, 7) is 6.39. The van der Waals surface area contributed by atoms with E-state index in [-0.39, 0.29) is 18.7 Å². The Balaban J connectivity index is 1.49. The van der Waals surface area contributed by atoms with E-state index in [0.717, 1.165) is 11.1 Å². The van der Waals surface area contributed by atoms with Gasteiger partial charge < -0.3 is 5.11 Å². The molecule has 3 aromatic rings. The molecule has 2 aliphatic heterocycles. The van der Waals surface area contributed by atoms with Crippen LogP contribution in [0.2, 0.25) is 0 Å². The number of hydrogen-bond donors (Lipinski definition) is 1. The Labute approximate surface area is 221 Å². The van der Waals surface area contributed by atoms with Crippen molar-refractivity contribution in [1.82, 2.24) is 14.9 Å². The standard InChI is InChI=1S/C29H31N5O4/c1-28(2,3)24(25(35)36)32-17-13-29(14-18-32)26(37)33(27(38)34(29)23-19-30-15-16-31-23)22-11-9-21(10-12-22)20-7-5-4-6-8-20/h4-12,15-16,19,24H,13-14,17-18H2,1-3H3,(H,35,36). The topological polar surface area (TPSA) is 107 Å². The van der Waals surface area contributed by atoms with E-state index in [9.17, 15) is 19.5 Å². The van der Waals surface area contributed by atoms with Crippen LogP contribution in [0.3, 0.4) is 0 Å². The summed E-state index contributed by atoms with van der Waals surface area (Å²) in [5, 5.41) is 9.94. The molecule has 3 amide bonds. The van der Waals surface area contributed by atoms with Crippen LogP contribution in [-0.4, -0.2) is 62.6 Å². The Morgan fingerprint density at radius 1 is 0.947 bits per heavy atom. The van der Waals surface area contributed by atoms with Gasteiger partial charge in [0.15, 0.2) is 5.82 Å². The minimum absolute atomic E-state index is 0.284. The minimum Gasteiger partial charge on any atom is -0.480 e. The summed E-state index contributed by atoms with van der Waals surface area (Å²) >= 11 is 0. The quantitative estimate of drug-likeness (QED) is 0.502. The van der Waals surface area contributed by atoms with Crippen molar-refractivity contribution in [2.45, 2.75) is 45.2 Å². The molecule has 1 spiro atoms. The van der Waals surface area contributed by atoms with E-state index in [1.54, 1.807) is 12.1 Å². The van der Waals surface area contributed by atoms with Crippen LogP contribution >= 0.6 is 0 Å². The fourth-order valence-electron chi connectivity index (χ4n) is 5.72. The molecule has 2 fully saturated rings. The number of rotatable bonds is 5. The van der Waals surface area contributed by atoms with Crippen LogP contribution < -0.4 is 9.80 Å². The zero-order chi connectivity index (χ0) is 27.1. The zero-order valence-corrected chi connectivity index (χ0v) is 21.7. The van der Waals surface area contributed by atoms with Crippen molar-refractivity contribution in [2.24, 2.45) is 5.41 Å². The van der Waals surface area contributed by atoms with Crippen molar-refractivity contribution in [2.75, 3.05) is 22.9 Å². The normalized spacial score (nSPS) is 18.7. The molecule has 2 aromatic carbocycles. The fraction of sp³-hybridized carbons (Fsp3) is 0.345. The first-order valence-electron chi connectivity index (χ1n) is 12.7. The predicted octanol–water partition coefficient (Wildman–Crippen LogP) is 4.45. The number of hydrogen-bond acceptors (Lipinski definition) is 6. The van der Waals surface area contributed by atoms with Crippen LogP contribution in [-0.2, 0) is 9.59 Å². The molecule has 5 rings (SSSR count). The number of anilines is 2. The van der Waals surface area contributed by atoms with Crippen LogP contribution in [0.1, 0.15) is 33.6 Å². The van der Waals surface area contributed by atoms with Crippen LogP contribution in [0.5, 0.6) is 0 Å². The molecule has 3 heterocycles. The number of carboxylic acid groups (broad SMARTS) is 1. The number of urea groups is 1. The molecule has 1 atom stereocenters. The third kappa shape index (κ3) is 4.32. The third-order valence-electron chi connectivity index (χ3n) is 7.47. The van der Waals surface area contributed by atoms with Crippen LogP contribution in [0.15, 0.2) is 73.2 Å². The first kappa shape index (κ1) is 25.5. The van der Waals surface area contributed by atoms with E-state index in [1.807, 2.05) is 68.1 Å². The number of carbonyl (C=O) groups is 3. The summed E-state index contributed by atoms with van der Waals surface area (Å²) in [7, 11) is 0. The van der Waals surface area contributed by atoms with Gasteiger partial charge in [0.25, 0.3) is 5.91 Å². The average molecular weight is 514 g/mol. The molecular formula is C29H31N5O4.